The van der Waals surface area contributed by atoms with Crippen molar-refractivity contribution in [2.75, 3.05) is 12.4 Å². The molecule has 4 heteroatoms. The Morgan fingerprint density at radius 1 is 0.852 bits per heavy atom. The summed E-state index contributed by atoms with van der Waals surface area (Å²) in [7, 11) is 1.69. The monoisotopic (exact) mass is 372 g/mol. The zero-order chi connectivity index (χ0) is 18.5. The molecule has 4 rings (SSSR count). The zero-order valence-electron chi connectivity index (χ0n) is 15.0. The van der Waals surface area contributed by atoms with Gasteiger partial charge in [0.05, 0.1) is 18.1 Å². The van der Waals surface area contributed by atoms with Crippen LogP contribution in [-0.4, -0.2) is 12.3 Å². The van der Waals surface area contributed by atoms with Gasteiger partial charge in [-0.2, -0.15) is 0 Å². The fourth-order valence-electron chi connectivity index (χ4n) is 2.90. The summed E-state index contributed by atoms with van der Waals surface area (Å²) in [6.45, 7) is 0. The molecule has 0 amide bonds. The van der Waals surface area contributed by atoms with Crippen molar-refractivity contribution in [3.8, 4) is 5.75 Å². The summed E-state index contributed by atoms with van der Waals surface area (Å²) in [5, 5.41) is 4.52. The molecule has 3 nitrogen and oxygen atoms in total. The number of rotatable bonds is 4. The predicted molar refractivity (Wildman–Crippen MR) is 115 cm³/mol. The van der Waals surface area contributed by atoms with Crippen LogP contribution in [0.25, 0.3) is 5.70 Å². The third-order valence-electron chi connectivity index (χ3n) is 4.31. The van der Waals surface area contributed by atoms with Gasteiger partial charge >= 0.3 is 0 Å². The third kappa shape index (κ3) is 4.23. The minimum Gasteiger partial charge on any atom is -0.497 e. The Morgan fingerprint density at radius 3 is 2.19 bits per heavy atom. The number of thioether (sulfide) groups is 1. The molecule has 1 heterocycles. The smallest absolute Gasteiger partial charge is 0.167 e. The number of methoxy groups -OCH3 is 1. The second-order valence-corrected chi connectivity index (χ2v) is 7.27. The van der Waals surface area contributed by atoms with Crippen LogP contribution >= 0.6 is 11.8 Å². The molecule has 0 saturated carbocycles. The van der Waals surface area contributed by atoms with Crippen LogP contribution < -0.4 is 10.1 Å². The van der Waals surface area contributed by atoms with E-state index in [4.69, 9.17) is 9.73 Å². The molecule has 0 saturated heterocycles. The SMILES string of the molecule is COc1ccc(C2C=C(c3ccccc3)N=C(Nc3ccccc3)S2)cc1. The van der Waals surface area contributed by atoms with Crippen molar-refractivity contribution in [2.45, 2.75) is 5.25 Å². The number of ether oxygens (including phenoxy) is 1. The van der Waals surface area contributed by atoms with Gasteiger partial charge in [0.25, 0.3) is 0 Å². The van der Waals surface area contributed by atoms with Crippen molar-refractivity contribution in [3.63, 3.8) is 0 Å². The van der Waals surface area contributed by atoms with Crippen LogP contribution in [0, 0.1) is 0 Å². The van der Waals surface area contributed by atoms with E-state index < -0.39 is 0 Å². The van der Waals surface area contributed by atoms with Crippen LogP contribution in [0.4, 0.5) is 5.69 Å². The maximum absolute atomic E-state index is 5.29. The molecule has 134 valence electrons. The Morgan fingerprint density at radius 2 is 1.52 bits per heavy atom. The molecule has 0 fully saturated rings. The van der Waals surface area contributed by atoms with Crippen LogP contribution in [0.2, 0.25) is 0 Å². The Balaban J connectivity index is 1.67. The Hall–Kier alpha value is -2.98. The van der Waals surface area contributed by atoms with Crippen LogP contribution in [0.1, 0.15) is 16.4 Å². The van der Waals surface area contributed by atoms with Gasteiger partial charge in [0, 0.05) is 5.69 Å². The highest BCUT2D eigenvalue weighted by molar-refractivity contribution is 8.14. The van der Waals surface area contributed by atoms with Gasteiger partial charge in [-0.05, 0) is 41.5 Å². The number of amidine groups is 1. The summed E-state index contributed by atoms with van der Waals surface area (Å²) in [5.41, 5.74) is 4.35. The van der Waals surface area contributed by atoms with Crippen molar-refractivity contribution in [3.05, 3.63) is 102 Å². The molecule has 0 aromatic heterocycles. The molecular formula is C23H20N2OS. The van der Waals surface area contributed by atoms with Gasteiger partial charge in [0.1, 0.15) is 5.75 Å². The van der Waals surface area contributed by atoms with Crippen molar-refractivity contribution in [1.82, 2.24) is 0 Å². The van der Waals surface area contributed by atoms with Crippen LogP contribution in [0.3, 0.4) is 0 Å². The number of anilines is 1. The summed E-state index contributed by atoms with van der Waals surface area (Å²) in [6.07, 6.45) is 2.22. The van der Waals surface area contributed by atoms with Crippen LogP contribution in [0.15, 0.2) is 96.0 Å². The van der Waals surface area contributed by atoms with E-state index in [2.05, 4.69) is 35.7 Å². The van der Waals surface area contributed by atoms with Gasteiger partial charge in [0.2, 0.25) is 0 Å². The number of hydrogen-bond acceptors (Lipinski definition) is 4. The van der Waals surface area contributed by atoms with E-state index in [1.54, 1.807) is 18.9 Å². The summed E-state index contributed by atoms with van der Waals surface area (Å²) >= 11 is 1.71. The van der Waals surface area contributed by atoms with Crippen molar-refractivity contribution < 1.29 is 4.74 Å². The average molecular weight is 372 g/mol. The largest absolute Gasteiger partial charge is 0.497 e. The van der Waals surface area contributed by atoms with Crippen LogP contribution in [0.5, 0.6) is 5.75 Å². The van der Waals surface area contributed by atoms with E-state index in [1.165, 1.54) is 5.56 Å². The van der Waals surface area contributed by atoms with Gasteiger partial charge < -0.3 is 10.1 Å². The molecule has 0 bridgehead atoms. The Labute approximate surface area is 163 Å². The first-order valence-corrected chi connectivity index (χ1v) is 9.68. The summed E-state index contributed by atoms with van der Waals surface area (Å²) < 4.78 is 5.29. The fraction of sp³-hybridized carbons (Fsp3) is 0.0870. The second-order valence-electron chi connectivity index (χ2n) is 6.14. The predicted octanol–water partition coefficient (Wildman–Crippen LogP) is 5.99. The van der Waals surface area contributed by atoms with Crippen LogP contribution in [-0.2, 0) is 0 Å². The number of benzene rings is 3. The quantitative estimate of drug-likeness (QED) is 0.610. The van der Waals surface area contributed by atoms with Gasteiger partial charge in [-0.3, -0.25) is 0 Å². The molecule has 3 aromatic rings. The molecule has 0 radical (unpaired) electrons. The topological polar surface area (TPSA) is 33.6 Å². The maximum atomic E-state index is 5.29. The average Bonchev–Trinajstić information content (AvgIpc) is 2.75. The maximum Gasteiger partial charge on any atom is 0.167 e. The van der Waals surface area contributed by atoms with Gasteiger partial charge in [-0.25, -0.2) is 4.99 Å². The van der Waals surface area contributed by atoms with Crippen molar-refractivity contribution in [1.29, 1.82) is 0 Å². The van der Waals surface area contributed by atoms with E-state index >= 15 is 0 Å². The third-order valence-corrected chi connectivity index (χ3v) is 5.39. The molecule has 0 spiro atoms. The normalized spacial score (nSPS) is 16.3. The number of aliphatic imine (C=N–C) groups is 1. The zero-order valence-corrected chi connectivity index (χ0v) is 15.8. The molecule has 27 heavy (non-hydrogen) atoms. The van der Waals surface area contributed by atoms with Gasteiger partial charge in [-0.1, -0.05) is 72.4 Å². The van der Waals surface area contributed by atoms with E-state index in [1.807, 2.05) is 60.7 Å². The highest BCUT2D eigenvalue weighted by atomic mass is 32.2. The van der Waals surface area contributed by atoms with E-state index in [-0.39, 0.29) is 5.25 Å². The number of para-hydroxylation sites is 1. The molecule has 1 atom stereocenters. The molecule has 1 aliphatic rings. The lowest BCUT2D eigenvalue weighted by Gasteiger charge is -2.22. The molecule has 1 aliphatic heterocycles. The Bertz CT molecular complexity index is 951. The van der Waals surface area contributed by atoms with Crippen molar-refractivity contribution in [2.24, 2.45) is 4.99 Å². The highest BCUT2D eigenvalue weighted by Crippen LogP contribution is 2.39. The lowest BCUT2D eigenvalue weighted by atomic mass is 10.1. The summed E-state index contributed by atoms with van der Waals surface area (Å²) in [6, 6.07) is 28.7. The molecule has 1 N–H and O–H groups in total. The standard InChI is InChI=1S/C23H20N2OS/c1-26-20-14-12-18(13-15-20)22-16-21(17-8-4-2-5-9-17)25-23(27-22)24-19-10-6-3-7-11-19/h2-16,22H,1H3,(H,24,25). The van der Waals surface area contributed by atoms with Gasteiger partial charge in [-0.15, -0.1) is 0 Å². The lowest BCUT2D eigenvalue weighted by Crippen LogP contribution is -2.13. The number of hydrogen-bond donors (Lipinski definition) is 1. The lowest BCUT2D eigenvalue weighted by molar-refractivity contribution is 0.414. The molecule has 0 aliphatic carbocycles. The first-order chi connectivity index (χ1) is 13.3. The first-order valence-electron chi connectivity index (χ1n) is 8.80. The minimum absolute atomic E-state index is 0.176. The second kappa shape index (κ2) is 8.14. The van der Waals surface area contributed by atoms with Gasteiger partial charge in [0.15, 0.2) is 5.17 Å². The number of nitrogens with one attached hydrogen (secondary N) is 1. The van der Waals surface area contributed by atoms with E-state index in [0.717, 1.165) is 27.9 Å². The molecule has 1 unspecified atom stereocenters. The fourth-order valence-corrected chi connectivity index (χ4v) is 3.96. The summed E-state index contributed by atoms with van der Waals surface area (Å²) in [5.74, 6) is 0.864. The first kappa shape index (κ1) is 17.4. The molecule has 3 aromatic carbocycles. The highest BCUT2D eigenvalue weighted by Gasteiger charge is 2.20. The van der Waals surface area contributed by atoms with E-state index in [0.29, 0.717) is 0 Å². The van der Waals surface area contributed by atoms with Crippen molar-refractivity contribution >= 4 is 28.3 Å². The Kier molecular flexibility index (Phi) is 5.26. The van der Waals surface area contributed by atoms with E-state index in [9.17, 15) is 0 Å². The summed E-state index contributed by atoms with van der Waals surface area (Å²) in [4.78, 5) is 4.86. The molecular weight excluding hydrogens is 352 g/mol. The minimum atomic E-state index is 0.176. The number of nitrogens with zero attached hydrogens (tertiary/aromatic N) is 1.